The molecule has 1 fully saturated rings. The van der Waals surface area contributed by atoms with Crippen molar-refractivity contribution in [2.75, 3.05) is 26.3 Å². The summed E-state index contributed by atoms with van der Waals surface area (Å²) in [7, 11) is 0. The Morgan fingerprint density at radius 1 is 1.33 bits per heavy atom. The lowest BCUT2D eigenvalue weighted by Gasteiger charge is -2.13. The Bertz CT molecular complexity index is 345. The number of ether oxygens (including phenoxy) is 1. The van der Waals surface area contributed by atoms with Gasteiger partial charge in [-0.05, 0) is 5.56 Å². The standard InChI is InChI=1S/C12H14N2O/c1-13-12-4-2-10(3-5-12)11-8-14-6-7-15-9-11/h2-5,11,14H,6-9H2/t11-/m0/s1. The molecule has 78 valence electrons. The lowest BCUT2D eigenvalue weighted by molar-refractivity contribution is 0.141. The molecule has 2 rings (SSSR count). The van der Waals surface area contributed by atoms with Gasteiger partial charge in [0.15, 0.2) is 5.69 Å². The zero-order valence-corrected chi connectivity index (χ0v) is 8.57. The summed E-state index contributed by atoms with van der Waals surface area (Å²) in [5, 5.41) is 3.34. The van der Waals surface area contributed by atoms with Gasteiger partial charge in [0.05, 0.1) is 19.8 Å². The average molecular weight is 202 g/mol. The van der Waals surface area contributed by atoms with Crippen LogP contribution in [0.3, 0.4) is 0 Å². The van der Waals surface area contributed by atoms with Crippen LogP contribution in [-0.2, 0) is 4.74 Å². The molecule has 1 aliphatic heterocycles. The Morgan fingerprint density at radius 2 is 2.13 bits per heavy atom. The van der Waals surface area contributed by atoms with Gasteiger partial charge >= 0.3 is 0 Å². The Balaban J connectivity index is 2.10. The molecule has 0 spiro atoms. The van der Waals surface area contributed by atoms with E-state index in [0.29, 0.717) is 11.6 Å². The Hall–Kier alpha value is -1.37. The molecular formula is C12H14N2O. The van der Waals surface area contributed by atoms with Gasteiger partial charge < -0.3 is 10.1 Å². The Labute approximate surface area is 89.9 Å². The maximum absolute atomic E-state index is 6.88. The van der Waals surface area contributed by atoms with E-state index >= 15 is 0 Å². The van der Waals surface area contributed by atoms with Gasteiger partial charge in [0, 0.05) is 19.0 Å². The maximum Gasteiger partial charge on any atom is 0.187 e. The summed E-state index contributed by atoms with van der Waals surface area (Å²) in [5.74, 6) is 0.410. The molecule has 1 aromatic carbocycles. The fourth-order valence-corrected chi connectivity index (χ4v) is 1.74. The van der Waals surface area contributed by atoms with Crippen molar-refractivity contribution in [2.24, 2.45) is 0 Å². The van der Waals surface area contributed by atoms with Gasteiger partial charge in [-0.2, -0.15) is 0 Å². The van der Waals surface area contributed by atoms with Crippen LogP contribution < -0.4 is 5.32 Å². The van der Waals surface area contributed by atoms with E-state index in [1.807, 2.05) is 24.3 Å². The van der Waals surface area contributed by atoms with E-state index in [-0.39, 0.29) is 0 Å². The first-order chi connectivity index (χ1) is 7.40. The van der Waals surface area contributed by atoms with E-state index < -0.39 is 0 Å². The van der Waals surface area contributed by atoms with E-state index in [4.69, 9.17) is 11.3 Å². The van der Waals surface area contributed by atoms with E-state index in [9.17, 15) is 0 Å². The summed E-state index contributed by atoms with van der Waals surface area (Å²) < 4.78 is 5.50. The Morgan fingerprint density at radius 3 is 2.87 bits per heavy atom. The highest BCUT2D eigenvalue weighted by Gasteiger charge is 2.13. The molecule has 3 heteroatoms. The monoisotopic (exact) mass is 202 g/mol. The molecule has 15 heavy (non-hydrogen) atoms. The van der Waals surface area contributed by atoms with Crippen LogP contribution in [0.1, 0.15) is 11.5 Å². The van der Waals surface area contributed by atoms with Crippen molar-refractivity contribution >= 4 is 5.69 Å². The van der Waals surface area contributed by atoms with Gasteiger partial charge in [-0.1, -0.05) is 24.3 Å². The van der Waals surface area contributed by atoms with Gasteiger partial charge in [0.2, 0.25) is 0 Å². The predicted octanol–water partition coefficient (Wildman–Crippen LogP) is 1.94. The van der Waals surface area contributed by atoms with Crippen molar-refractivity contribution < 1.29 is 4.74 Å². The largest absolute Gasteiger partial charge is 0.379 e. The van der Waals surface area contributed by atoms with Crippen LogP contribution in [0.25, 0.3) is 4.85 Å². The second-order valence-corrected chi connectivity index (χ2v) is 3.68. The highest BCUT2D eigenvalue weighted by molar-refractivity contribution is 5.46. The van der Waals surface area contributed by atoms with Gasteiger partial charge in [0.25, 0.3) is 0 Å². The summed E-state index contributed by atoms with van der Waals surface area (Å²) in [6, 6.07) is 7.78. The smallest absolute Gasteiger partial charge is 0.187 e. The van der Waals surface area contributed by atoms with Gasteiger partial charge in [-0.3, -0.25) is 0 Å². The number of hydrogen-bond acceptors (Lipinski definition) is 2. The molecule has 0 aliphatic carbocycles. The topological polar surface area (TPSA) is 25.6 Å². The minimum absolute atomic E-state index is 0.410. The van der Waals surface area contributed by atoms with Crippen molar-refractivity contribution in [1.29, 1.82) is 0 Å². The molecule has 3 nitrogen and oxygen atoms in total. The zero-order valence-electron chi connectivity index (χ0n) is 8.57. The first kappa shape index (κ1) is 10.2. The number of nitrogens with one attached hydrogen (secondary N) is 1. The number of nitrogens with zero attached hydrogens (tertiary/aromatic N) is 1. The number of benzene rings is 1. The van der Waals surface area contributed by atoms with Crippen LogP contribution in [0, 0.1) is 6.57 Å². The zero-order chi connectivity index (χ0) is 10.5. The quantitative estimate of drug-likeness (QED) is 0.704. The van der Waals surface area contributed by atoms with E-state index in [2.05, 4.69) is 10.2 Å². The molecule has 0 bridgehead atoms. The van der Waals surface area contributed by atoms with Crippen LogP contribution >= 0.6 is 0 Å². The minimum Gasteiger partial charge on any atom is -0.379 e. The molecule has 0 saturated carbocycles. The second-order valence-electron chi connectivity index (χ2n) is 3.68. The third-order valence-corrected chi connectivity index (χ3v) is 2.63. The second kappa shape index (κ2) is 4.92. The van der Waals surface area contributed by atoms with Gasteiger partial charge in [-0.15, -0.1) is 0 Å². The van der Waals surface area contributed by atoms with Crippen molar-refractivity contribution in [3.8, 4) is 0 Å². The van der Waals surface area contributed by atoms with Crippen molar-refractivity contribution in [1.82, 2.24) is 5.32 Å². The van der Waals surface area contributed by atoms with E-state index in [1.54, 1.807) is 0 Å². The van der Waals surface area contributed by atoms with Crippen LogP contribution in [0.4, 0.5) is 5.69 Å². The first-order valence-electron chi connectivity index (χ1n) is 5.16. The SMILES string of the molecule is [C-]#[N+]c1ccc([C@H]2CNCCOC2)cc1. The summed E-state index contributed by atoms with van der Waals surface area (Å²) in [5.41, 5.74) is 1.94. The van der Waals surface area contributed by atoms with Crippen LogP contribution in [0.15, 0.2) is 24.3 Å². The molecule has 0 aromatic heterocycles. The molecule has 1 saturated heterocycles. The molecule has 1 heterocycles. The van der Waals surface area contributed by atoms with Gasteiger partial charge in [-0.25, -0.2) is 4.85 Å². The lowest BCUT2D eigenvalue weighted by atomic mass is 10.00. The van der Waals surface area contributed by atoms with Crippen LogP contribution in [0.2, 0.25) is 0 Å². The van der Waals surface area contributed by atoms with Crippen LogP contribution in [-0.4, -0.2) is 26.3 Å². The van der Waals surface area contributed by atoms with Crippen molar-refractivity contribution in [2.45, 2.75) is 5.92 Å². The normalized spacial score (nSPS) is 21.7. The molecule has 1 aliphatic rings. The predicted molar refractivity (Wildman–Crippen MR) is 59.1 cm³/mol. The fraction of sp³-hybridized carbons (Fsp3) is 0.417. The molecule has 1 atom stereocenters. The molecule has 0 amide bonds. The molecular weight excluding hydrogens is 188 g/mol. The lowest BCUT2D eigenvalue weighted by Crippen LogP contribution is -2.21. The number of hydrogen-bond donors (Lipinski definition) is 1. The molecule has 0 unspecified atom stereocenters. The summed E-state index contributed by atoms with van der Waals surface area (Å²) in [6.45, 7) is 10.3. The summed E-state index contributed by atoms with van der Waals surface area (Å²) in [4.78, 5) is 3.38. The fourth-order valence-electron chi connectivity index (χ4n) is 1.74. The summed E-state index contributed by atoms with van der Waals surface area (Å²) in [6.07, 6.45) is 0. The highest BCUT2D eigenvalue weighted by atomic mass is 16.5. The third-order valence-electron chi connectivity index (χ3n) is 2.63. The maximum atomic E-state index is 6.88. The molecule has 0 radical (unpaired) electrons. The van der Waals surface area contributed by atoms with E-state index in [0.717, 1.165) is 26.3 Å². The van der Waals surface area contributed by atoms with Crippen molar-refractivity contribution in [3.05, 3.63) is 41.2 Å². The van der Waals surface area contributed by atoms with Crippen molar-refractivity contribution in [3.63, 3.8) is 0 Å². The van der Waals surface area contributed by atoms with E-state index in [1.165, 1.54) is 5.56 Å². The summed E-state index contributed by atoms with van der Waals surface area (Å²) >= 11 is 0. The average Bonchev–Trinajstić information content (AvgIpc) is 2.58. The highest BCUT2D eigenvalue weighted by Crippen LogP contribution is 2.20. The van der Waals surface area contributed by atoms with Gasteiger partial charge in [0.1, 0.15) is 0 Å². The third kappa shape index (κ3) is 2.56. The number of rotatable bonds is 1. The Kier molecular flexibility index (Phi) is 3.33. The minimum atomic E-state index is 0.410. The molecule has 1 aromatic rings. The molecule has 1 N–H and O–H groups in total. The first-order valence-corrected chi connectivity index (χ1v) is 5.16. The van der Waals surface area contributed by atoms with Crippen LogP contribution in [0.5, 0.6) is 0 Å².